The molecule has 2 amide bonds. The zero-order chi connectivity index (χ0) is 15.0. The molecule has 1 rings (SSSR count). The van der Waals surface area contributed by atoms with Crippen LogP contribution in [0.4, 0.5) is 4.79 Å². The van der Waals surface area contributed by atoms with Crippen molar-refractivity contribution in [3.8, 4) is 0 Å². The van der Waals surface area contributed by atoms with E-state index in [1.54, 1.807) is 25.0 Å². The maximum absolute atomic E-state index is 11.7. The smallest absolute Gasteiger partial charge is 0.317 e. The highest BCUT2D eigenvalue weighted by molar-refractivity contribution is 7.99. The van der Waals surface area contributed by atoms with Crippen LogP contribution in [0.1, 0.15) is 18.9 Å². The Hall–Kier alpha value is -1.76. The monoisotopic (exact) mass is 297 g/mol. The van der Waals surface area contributed by atoms with Crippen molar-refractivity contribution in [3.63, 3.8) is 0 Å². The van der Waals surface area contributed by atoms with Crippen LogP contribution in [0.2, 0.25) is 0 Å². The second-order valence-corrected chi connectivity index (χ2v) is 5.44. The van der Waals surface area contributed by atoms with Crippen molar-refractivity contribution in [2.24, 2.45) is 0 Å². The molecule has 0 unspecified atom stereocenters. The fourth-order valence-corrected chi connectivity index (χ4v) is 2.13. The first-order chi connectivity index (χ1) is 9.52. The van der Waals surface area contributed by atoms with Gasteiger partial charge in [-0.05, 0) is 23.4 Å². The van der Waals surface area contributed by atoms with E-state index >= 15 is 0 Å². The number of nitrogens with one attached hydrogen (secondary N) is 1. The molecule has 0 spiro atoms. The van der Waals surface area contributed by atoms with Crippen LogP contribution in [0.5, 0.6) is 0 Å². The van der Waals surface area contributed by atoms with Crippen LogP contribution in [-0.2, 0) is 11.3 Å². The molecule has 0 bridgehead atoms. The lowest BCUT2D eigenvalue weighted by Crippen LogP contribution is -2.37. The van der Waals surface area contributed by atoms with Crippen molar-refractivity contribution in [1.29, 1.82) is 0 Å². The first-order valence-electron chi connectivity index (χ1n) is 6.31. The van der Waals surface area contributed by atoms with Gasteiger partial charge in [0.05, 0.1) is 11.4 Å². The summed E-state index contributed by atoms with van der Waals surface area (Å²) in [5.74, 6) is 0.0285. The summed E-state index contributed by atoms with van der Waals surface area (Å²) in [7, 11) is 1.57. The molecule has 6 nitrogen and oxygen atoms in total. The predicted octanol–water partition coefficient (Wildman–Crippen LogP) is 1.81. The largest absolute Gasteiger partial charge is 0.481 e. The van der Waals surface area contributed by atoms with Crippen molar-refractivity contribution >= 4 is 23.8 Å². The lowest BCUT2D eigenvalue weighted by Gasteiger charge is -2.17. The van der Waals surface area contributed by atoms with E-state index in [0.717, 1.165) is 16.3 Å². The molecule has 0 atom stereocenters. The van der Waals surface area contributed by atoms with E-state index in [1.807, 2.05) is 12.1 Å². The number of aliphatic carboxylic acids is 1. The molecule has 0 aliphatic carbocycles. The third kappa shape index (κ3) is 5.92. The van der Waals surface area contributed by atoms with Gasteiger partial charge in [0.15, 0.2) is 0 Å². The zero-order valence-corrected chi connectivity index (χ0v) is 12.4. The van der Waals surface area contributed by atoms with Gasteiger partial charge in [0, 0.05) is 26.3 Å². The van der Waals surface area contributed by atoms with Gasteiger partial charge in [-0.1, -0.05) is 6.92 Å². The fraction of sp³-hybridized carbons (Fsp3) is 0.462. The molecule has 0 aliphatic heterocycles. The number of carboxylic acid groups (broad SMARTS) is 1. The number of nitrogens with zero attached hydrogens (tertiary/aromatic N) is 2. The fourth-order valence-electron chi connectivity index (χ4n) is 1.46. The van der Waals surface area contributed by atoms with Crippen LogP contribution in [-0.4, -0.2) is 46.3 Å². The summed E-state index contributed by atoms with van der Waals surface area (Å²) in [5.41, 5.74) is 0.968. The minimum absolute atomic E-state index is 0.0591. The number of carbonyl (C=O) groups is 2. The van der Waals surface area contributed by atoms with Gasteiger partial charge in [0.1, 0.15) is 0 Å². The molecule has 1 aromatic heterocycles. The van der Waals surface area contributed by atoms with Crippen molar-refractivity contribution in [2.75, 3.05) is 19.3 Å². The van der Waals surface area contributed by atoms with Crippen LogP contribution in [0.25, 0.3) is 0 Å². The number of thioether (sulfide) groups is 1. The van der Waals surface area contributed by atoms with E-state index in [-0.39, 0.29) is 19.0 Å². The molecule has 0 aliphatic rings. The highest BCUT2D eigenvalue weighted by atomic mass is 32.2. The molecule has 1 heterocycles. The van der Waals surface area contributed by atoms with Gasteiger partial charge < -0.3 is 15.3 Å². The first-order valence-corrected chi connectivity index (χ1v) is 7.30. The van der Waals surface area contributed by atoms with Gasteiger partial charge in [0.25, 0.3) is 0 Å². The highest BCUT2D eigenvalue weighted by Gasteiger charge is 2.09. The average molecular weight is 297 g/mol. The van der Waals surface area contributed by atoms with Crippen molar-refractivity contribution in [1.82, 2.24) is 15.2 Å². The van der Waals surface area contributed by atoms with E-state index in [2.05, 4.69) is 17.2 Å². The van der Waals surface area contributed by atoms with Gasteiger partial charge in [-0.25, -0.2) is 9.78 Å². The number of urea groups is 1. The highest BCUT2D eigenvalue weighted by Crippen LogP contribution is 2.15. The van der Waals surface area contributed by atoms with Gasteiger partial charge in [-0.15, -0.1) is 11.8 Å². The molecule has 7 heteroatoms. The Balaban J connectivity index is 2.43. The van der Waals surface area contributed by atoms with E-state index in [1.165, 1.54) is 4.90 Å². The third-order valence-corrected chi connectivity index (χ3v) is 3.35. The number of rotatable bonds is 7. The maximum Gasteiger partial charge on any atom is 0.317 e. The quantitative estimate of drug-likeness (QED) is 0.750. The van der Waals surface area contributed by atoms with Crippen molar-refractivity contribution in [3.05, 3.63) is 23.9 Å². The minimum Gasteiger partial charge on any atom is -0.481 e. The molecule has 20 heavy (non-hydrogen) atoms. The van der Waals surface area contributed by atoms with E-state index in [4.69, 9.17) is 5.11 Å². The molecular formula is C13H19N3O3S. The van der Waals surface area contributed by atoms with Gasteiger partial charge in [-0.2, -0.15) is 0 Å². The van der Waals surface area contributed by atoms with E-state index in [9.17, 15) is 9.59 Å². The first kappa shape index (κ1) is 16.3. The molecule has 1 aromatic rings. The second kappa shape index (κ2) is 8.42. The van der Waals surface area contributed by atoms with Gasteiger partial charge in [0.2, 0.25) is 0 Å². The van der Waals surface area contributed by atoms with Crippen LogP contribution >= 0.6 is 11.8 Å². The van der Waals surface area contributed by atoms with Crippen LogP contribution < -0.4 is 5.32 Å². The Kier molecular flexibility index (Phi) is 6.86. The minimum atomic E-state index is -0.917. The normalized spacial score (nSPS) is 10.1. The van der Waals surface area contributed by atoms with Gasteiger partial charge in [-0.3, -0.25) is 4.79 Å². The zero-order valence-electron chi connectivity index (χ0n) is 11.6. The van der Waals surface area contributed by atoms with Crippen LogP contribution in [0.3, 0.4) is 0 Å². The predicted molar refractivity (Wildman–Crippen MR) is 77.8 cm³/mol. The molecule has 0 saturated heterocycles. The van der Waals surface area contributed by atoms with Gasteiger partial charge >= 0.3 is 12.0 Å². The average Bonchev–Trinajstić information content (AvgIpc) is 2.43. The molecule has 0 radical (unpaired) electrons. The number of carboxylic acids is 1. The lowest BCUT2D eigenvalue weighted by molar-refractivity contribution is -0.137. The Morgan fingerprint density at radius 2 is 2.25 bits per heavy atom. The Labute approximate surface area is 122 Å². The van der Waals surface area contributed by atoms with Crippen molar-refractivity contribution in [2.45, 2.75) is 24.9 Å². The number of aromatic nitrogens is 1. The van der Waals surface area contributed by atoms with E-state index < -0.39 is 5.97 Å². The van der Waals surface area contributed by atoms with E-state index in [0.29, 0.717) is 6.54 Å². The molecule has 0 saturated carbocycles. The Bertz CT molecular complexity index is 468. The van der Waals surface area contributed by atoms with Crippen molar-refractivity contribution < 1.29 is 14.7 Å². The summed E-state index contributed by atoms with van der Waals surface area (Å²) in [4.78, 5) is 27.8. The molecular weight excluding hydrogens is 278 g/mol. The summed E-state index contributed by atoms with van der Waals surface area (Å²) in [6.07, 6.45) is 1.66. The van der Waals surface area contributed by atoms with Crippen LogP contribution in [0.15, 0.2) is 23.4 Å². The number of hydrogen-bond acceptors (Lipinski definition) is 4. The summed E-state index contributed by atoms with van der Waals surface area (Å²) in [6, 6.07) is 3.50. The Morgan fingerprint density at radius 1 is 1.50 bits per heavy atom. The third-order valence-electron chi connectivity index (χ3n) is 2.54. The summed E-state index contributed by atoms with van der Waals surface area (Å²) in [6.45, 7) is 2.64. The SMILES string of the molecule is CCSc1cc(CNC(=O)N(C)CCC(=O)O)ccn1. The number of hydrogen-bond donors (Lipinski definition) is 2. The number of pyridine rings is 1. The number of amides is 2. The molecule has 2 N–H and O–H groups in total. The summed E-state index contributed by atoms with van der Waals surface area (Å²) >= 11 is 1.64. The second-order valence-electron chi connectivity index (χ2n) is 4.16. The summed E-state index contributed by atoms with van der Waals surface area (Å²) in [5, 5.41) is 12.2. The maximum atomic E-state index is 11.7. The lowest BCUT2D eigenvalue weighted by atomic mass is 10.3. The summed E-state index contributed by atoms with van der Waals surface area (Å²) < 4.78 is 0. The molecule has 0 aromatic carbocycles. The number of carbonyl (C=O) groups excluding carboxylic acids is 1. The van der Waals surface area contributed by atoms with Crippen LogP contribution in [0, 0.1) is 0 Å². The molecule has 110 valence electrons. The molecule has 0 fully saturated rings. The standard InChI is InChI=1S/C13H19N3O3S/c1-3-20-11-8-10(4-6-14-11)9-15-13(19)16(2)7-5-12(17)18/h4,6,8H,3,5,7,9H2,1-2H3,(H,15,19)(H,17,18). The topological polar surface area (TPSA) is 82.5 Å². The Morgan fingerprint density at radius 3 is 2.90 bits per heavy atom.